The highest BCUT2D eigenvalue weighted by atomic mass is 16.5. The lowest BCUT2D eigenvalue weighted by Gasteiger charge is -2.27. The lowest BCUT2D eigenvalue weighted by molar-refractivity contribution is -0.142. The number of methoxy groups -OCH3 is 1. The van der Waals surface area contributed by atoms with Crippen molar-refractivity contribution in [1.82, 2.24) is 10.6 Å². The van der Waals surface area contributed by atoms with Crippen LogP contribution in [-0.4, -0.2) is 38.3 Å². The summed E-state index contributed by atoms with van der Waals surface area (Å²) in [6, 6.07) is 9.79. The van der Waals surface area contributed by atoms with E-state index in [-0.39, 0.29) is 17.4 Å². The first-order chi connectivity index (χ1) is 9.14. The summed E-state index contributed by atoms with van der Waals surface area (Å²) in [6.07, 6.45) is 1.08. The standard InChI is InChI=1S/C15H22N2O2/c1-15(8-9-16-11-15)17-10-13(14(18)19-2)12-6-4-3-5-7-12/h3-7,13,16-17H,8-11H2,1-2H3. The van der Waals surface area contributed by atoms with E-state index >= 15 is 0 Å². The SMILES string of the molecule is COC(=O)C(CNC1(C)CCNC1)c1ccccc1. The predicted molar refractivity (Wildman–Crippen MR) is 75.1 cm³/mol. The lowest BCUT2D eigenvalue weighted by Crippen LogP contribution is -2.46. The minimum Gasteiger partial charge on any atom is -0.469 e. The Balaban J connectivity index is 2.04. The Labute approximate surface area is 114 Å². The Bertz CT molecular complexity index is 413. The molecule has 1 heterocycles. The Hall–Kier alpha value is -1.39. The van der Waals surface area contributed by atoms with Crippen molar-refractivity contribution in [1.29, 1.82) is 0 Å². The molecule has 0 aromatic heterocycles. The summed E-state index contributed by atoms with van der Waals surface area (Å²) in [7, 11) is 1.44. The molecule has 0 amide bonds. The van der Waals surface area contributed by atoms with Crippen molar-refractivity contribution >= 4 is 5.97 Å². The second kappa shape index (κ2) is 6.17. The third-order valence-corrected chi connectivity index (χ3v) is 3.79. The fourth-order valence-corrected chi connectivity index (χ4v) is 2.48. The summed E-state index contributed by atoms with van der Waals surface area (Å²) >= 11 is 0. The van der Waals surface area contributed by atoms with Crippen molar-refractivity contribution in [2.24, 2.45) is 0 Å². The number of carbonyl (C=O) groups excluding carboxylic acids is 1. The Morgan fingerprint density at radius 2 is 2.21 bits per heavy atom. The van der Waals surface area contributed by atoms with Gasteiger partial charge < -0.3 is 15.4 Å². The van der Waals surface area contributed by atoms with E-state index in [0.29, 0.717) is 6.54 Å². The van der Waals surface area contributed by atoms with E-state index in [0.717, 1.165) is 25.1 Å². The van der Waals surface area contributed by atoms with Gasteiger partial charge in [0.15, 0.2) is 0 Å². The third kappa shape index (κ3) is 3.55. The molecule has 1 saturated heterocycles. The van der Waals surface area contributed by atoms with E-state index < -0.39 is 0 Å². The van der Waals surface area contributed by atoms with Crippen LogP contribution in [0.5, 0.6) is 0 Å². The molecular weight excluding hydrogens is 240 g/mol. The molecule has 1 aromatic rings. The second-order valence-corrected chi connectivity index (χ2v) is 5.35. The number of benzene rings is 1. The normalized spacial score (nSPS) is 24.1. The molecule has 2 N–H and O–H groups in total. The van der Waals surface area contributed by atoms with E-state index in [1.165, 1.54) is 7.11 Å². The van der Waals surface area contributed by atoms with E-state index in [1.54, 1.807) is 0 Å². The highest BCUT2D eigenvalue weighted by molar-refractivity contribution is 5.78. The minimum absolute atomic E-state index is 0.0705. The maximum Gasteiger partial charge on any atom is 0.314 e. The topological polar surface area (TPSA) is 50.4 Å². The maximum absolute atomic E-state index is 11.9. The molecule has 2 rings (SSSR count). The predicted octanol–water partition coefficient (Wildman–Crippen LogP) is 1.28. The number of carbonyl (C=O) groups is 1. The summed E-state index contributed by atoms with van der Waals surface area (Å²) in [6.45, 7) is 4.76. The first-order valence-corrected chi connectivity index (χ1v) is 6.73. The molecule has 0 radical (unpaired) electrons. The summed E-state index contributed by atoms with van der Waals surface area (Å²) in [5.41, 5.74) is 1.07. The number of esters is 1. The molecule has 4 nitrogen and oxygen atoms in total. The number of hydrogen-bond donors (Lipinski definition) is 2. The van der Waals surface area contributed by atoms with Crippen molar-refractivity contribution in [3.05, 3.63) is 35.9 Å². The molecule has 19 heavy (non-hydrogen) atoms. The number of rotatable bonds is 5. The van der Waals surface area contributed by atoms with Gasteiger partial charge in [-0.05, 0) is 25.5 Å². The third-order valence-electron chi connectivity index (χ3n) is 3.79. The zero-order valence-corrected chi connectivity index (χ0v) is 11.6. The van der Waals surface area contributed by atoms with Crippen LogP contribution in [0.1, 0.15) is 24.8 Å². The fourth-order valence-electron chi connectivity index (χ4n) is 2.48. The molecule has 1 aliphatic rings. The summed E-state index contributed by atoms with van der Waals surface area (Å²) in [5, 5.41) is 6.85. The van der Waals surface area contributed by atoms with Crippen LogP contribution < -0.4 is 10.6 Å². The average Bonchev–Trinajstić information content (AvgIpc) is 2.87. The molecule has 2 unspecified atom stereocenters. The first-order valence-electron chi connectivity index (χ1n) is 6.73. The molecule has 104 valence electrons. The van der Waals surface area contributed by atoms with Crippen molar-refractivity contribution in [2.75, 3.05) is 26.7 Å². The Morgan fingerprint density at radius 3 is 2.79 bits per heavy atom. The molecule has 4 heteroatoms. The van der Waals surface area contributed by atoms with Gasteiger partial charge in [-0.25, -0.2) is 0 Å². The minimum atomic E-state index is -0.247. The largest absolute Gasteiger partial charge is 0.469 e. The van der Waals surface area contributed by atoms with E-state index in [9.17, 15) is 4.79 Å². The molecule has 0 aliphatic carbocycles. The smallest absolute Gasteiger partial charge is 0.314 e. The van der Waals surface area contributed by atoms with Gasteiger partial charge in [-0.1, -0.05) is 30.3 Å². The van der Waals surface area contributed by atoms with Crippen LogP contribution in [0.4, 0.5) is 0 Å². The first kappa shape index (κ1) is 14.0. The zero-order chi connectivity index (χ0) is 13.7. The van der Waals surface area contributed by atoms with Gasteiger partial charge in [0.2, 0.25) is 0 Å². The van der Waals surface area contributed by atoms with Crippen LogP contribution in [0.2, 0.25) is 0 Å². The Morgan fingerprint density at radius 1 is 1.47 bits per heavy atom. The Kier molecular flexibility index (Phi) is 4.56. The highest BCUT2D eigenvalue weighted by Crippen LogP contribution is 2.19. The van der Waals surface area contributed by atoms with Crippen LogP contribution in [0, 0.1) is 0 Å². The quantitative estimate of drug-likeness (QED) is 0.785. The van der Waals surface area contributed by atoms with Crippen LogP contribution in [0.3, 0.4) is 0 Å². The van der Waals surface area contributed by atoms with Crippen LogP contribution in [0.15, 0.2) is 30.3 Å². The van der Waals surface area contributed by atoms with Gasteiger partial charge in [0, 0.05) is 18.6 Å². The van der Waals surface area contributed by atoms with Gasteiger partial charge in [0.1, 0.15) is 0 Å². The molecule has 1 aromatic carbocycles. The van der Waals surface area contributed by atoms with Gasteiger partial charge in [0.05, 0.1) is 13.0 Å². The molecule has 0 saturated carbocycles. The molecule has 2 atom stereocenters. The van der Waals surface area contributed by atoms with Crippen molar-refractivity contribution in [3.8, 4) is 0 Å². The highest BCUT2D eigenvalue weighted by Gasteiger charge is 2.30. The zero-order valence-electron chi connectivity index (χ0n) is 11.6. The molecule has 1 fully saturated rings. The van der Waals surface area contributed by atoms with Crippen LogP contribution >= 0.6 is 0 Å². The van der Waals surface area contributed by atoms with E-state index in [1.807, 2.05) is 30.3 Å². The van der Waals surface area contributed by atoms with Gasteiger partial charge >= 0.3 is 5.97 Å². The van der Waals surface area contributed by atoms with Crippen LogP contribution in [0.25, 0.3) is 0 Å². The van der Waals surface area contributed by atoms with Crippen molar-refractivity contribution in [3.63, 3.8) is 0 Å². The molecule has 1 aliphatic heterocycles. The summed E-state index contributed by atoms with van der Waals surface area (Å²) in [4.78, 5) is 11.9. The van der Waals surface area contributed by atoms with E-state index in [2.05, 4.69) is 17.6 Å². The number of nitrogens with one attached hydrogen (secondary N) is 2. The fraction of sp³-hybridized carbons (Fsp3) is 0.533. The monoisotopic (exact) mass is 262 g/mol. The number of hydrogen-bond acceptors (Lipinski definition) is 4. The van der Waals surface area contributed by atoms with Crippen molar-refractivity contribution < 1.29 is 9.53 Å². The van der Waals surface area contributed by atoms with Gasteiger partial charge in [0.25, 0.3) is 0 Å². The van der Waals surface area contributed by atoms with E-state index in [4.69, 9.17) is 4.74 Å². The summed E-state index contributed by atoms with van der Waals surface area (Å²) < 4.78 is 4.92. The van der Waals surface area contributed by atoms with Gasteiger partial charge in [-0.3, -0.25) is 4.79 Å². The number of ether oxygens (including phenoxy) is 1. The van der Waals surface area contributed by atoms with Gasteiger partial charge in [-0.2, -0.15) is 0 Å². The summed E-state index contributed by atoms with van der Waals surface area (Å²) in [5.74, 6) is -0.433. The second-order valence-electron chi connectivity index (χ2n) is 5.35. The molecule has 0 spiro atoms. The molecular formula is C15H22N2O2. The van der Waals surface area contributed by atoms with Crippen LogP contribution in [-0.2, 0) is 9.53 Å². The van der Waals surface area contributed by atoms with Crippen molar-refractivity contribution in [2.45, 2.75) is 24.8 Å². The maximum atomic E-state index is 11.9. The van der Waals surface area contributed by atoms with Gasteiger partial charge in [-0.15, -0.1) is 0 Å². The average molecular weight is 262 g/mol. The lowest BCUT2D eigenvalue weighted by atomic mass is 9.96. The molecule has 0 bridgehead atoms.